The van der Waals surface area contributed by atoms with E-state index in [-0.39, 0.29) is 0 Å². The van der Waals surface area contributed by atoms with Crippen LogP contribution < -0.4 is 9.47 Å². The van der Waals surface area contributed by atoms with Gasteiger partial charge in [-0.2, -0.15) is 0 Å². The van der Waals surface area contributed by atoms with Gasteiger partial charge in [0.15, 0.2) is 0 Å². The lowest BCUT2D eigenvalue weighted by molar-refractivity contribution is 0.304. The molecule has 0 atom stereocenters. The molecule has 0 aliphatic rings. The molecule has 0 spiro atoms. The van der Waals surface area contributed by atoms with Gasteiger partial charge in [-0.1, -0.05) is 78.9 Å². The standard InChI is InChI=1S/C26H21BrO2/c27-25-17-23(13-16-26(25)29-19-21-9-5-2-6-10-21)22-11-14-24(15-12-22)28-18-20-7-3-1-4-8-20/h1-17H,18-19H2. The molecule has 0 heterocycles. The number of ether oxygens (including phenoxy) is 2. The average Bonchev–Trinajstić information content (AvgIpc) is 2.78. The fourth-order valence-electron chi connectivity index (χ4n) is 3.02. The largest absolute Gasteiger partial charge is 0.489 e. The SMILES string of the molecule is Brc1cc(-c2ccc(OCc3ccccc3)cc2)ccc1OCc1ccccc1. The predicted molar refractivity (Wildman–Crippen MR) is 121 cm³/mol. The van der Waals surface area contributed by atoms with E-state index in [0.717, 1.165) is 38.2 Å². The molecule has 0 amide bonds. The Hall–Kier alpha value is -3.04. The first-order chi connectivity index (χ1) is 14.3. The van der Waals surface area contributed by atoms with Gasteiger partial charge in [0.2, 0.25) is 0 Å². The molecule has 0 saturated carbocycles. The molecule has 29 heavy (non-hydrogen) atoms. The Kier molecular flexibility index (Phi) is 6.28. The number of rotatable bonds is 7. The maximum absolute atomic E-state index is 5.94. The summed E-state index contributed by atoms with van der Waals surface area (Å²) in [4.78, 5) is 0. The van der Waals surface area contributed by atoms with E-state index in [1.807, 2.05) is 54.6 Å². The molecule has 0 aromatic heterocycles. The molecule has 2 nitrogen and oxygen atoms in total. The van der Waals surface area contributed by atoms with Gasteiger partial charge < -0.3 is 9.47 Å². The van der Waals surface area contributed by atoms with Gasteiger partial charge >= 0.3 is 0 Å². The number of benzene rings is 4. The van der Waals surface area contributed by atoms with Gasteiger partial charge in [0.1, 0.15) is 24.7 Å². The smallest absolute Gasteiger partial charge is 0.134 e. The van der Waals surface area contributed by atoms with E-state index >= 15 is 0 Å². The molecule has 0 bridgehead atoms. The van der Waals surface area contributed by atoms with Gasteiger partial charge in [-0.15, -0.1) is 0 Å². The fraction of sp³-hybridized carbons (Fsp3) is 0.0769. The highest BCUT2D eigenvalue weighted by atomic mass is 79.9. The van der Waals surface area contributed by atoms with Crippen LogP contribution in [-0.2, 0) is 13.2 Å². The summed E-state index contributed by atoms with van der Waals surface area (Å²) >= 11 is 3.63. The zero-order valence-corrected chi connectivity index (χ0v) is 17.5. The summed E-state index contributed by atoms with van der Waals surface area (Å²) in [6, 6.07) is 34.7. The van der Waals surface area contributed by atoms with E-state index in [1.165, 1.54) is 0 Å². The normalized spacial score (nSPS) is 10.5. The molecule has 144 valence electrons. The van der Waals surface area contributed by atoms with Gasteiger partial charge in [-0.3, -0.25) is 0 Å². The first kappa shape index (κ1) is 19.3. The topological polar surface area (TPSA) is 18.5 Å². The Balaban J connectivity index is 1.39. The van der Waals surface area contributed by atoms with Crippen LogP contribution in [0.5, 0.6) is 11.5 Å². The van der Waals surface area contributed by atoms with Crippen LogP contribution in [0.1, 0.15) is 11.1 Å². The van der Waals surface area contributed by atoms with Gasteiger partial charge in [-0.25, -0.2) is 0 Å². The fourth-order valence-corrected chi connectivity index (χ4v) is 3.51. The second kappa shape index (κ2) is 9.44. The summed E-state index contributed by atoms with van der Waals surface area (Å²) in [5.74, 6) is 1.69. The number of halogens is 1. The Morgan fingerprint density at radius 2 is 1.10 bits per heavy atom. The van der Waals surface area contributed by atoms with Crippen LogP contribution in [0, 0.1) is 0 Å². The maximum atomic E-state index is 5.94. The maximum Gasteiger partial charge on any atom is 0.134 e. The molecule has 3 heteroatoms. The van der Waals surface area contributed by atoms with Crippen LogP contribution in [0.3, 0.4) is 0 Å². The van der Waals surface area contributed by atoms with Crippen molar-refractivity contribution in [3.05, 3.63) is 119 Å². The molecule has 4 aromatic rings. The minimum Gasteiger partial charge on any atom is -0.489 e. The quantitative estimate of drug-likeness (QED) is 0.298. The Morgan fingerprint density at radius 3 is 1.69 bits per heavy atom. The summed E-state index contributed by atoms with van der Waals surface area (Å²) in [5.41, 5.74) is 4.56. The van der Waals surface area contributed by atoms with Crippen LogP contribution in [0.4, 0.5) is 0 Å². The molecule has 0 fully saturated rings. The molecule has 0 aliphatic heterocycles. The van der Waals surface area contributed by atoms with Crippen molar-refractivity contribution in [3.63, 3.8) is 0 Å². The molecule has 0 saturated heterocycles. The molecule has 0 radical (unpaired) electrons. The Bertz CT molecular complexity index is 1050. The van der Waals surface area contributed by atoms with Crippen molar-refractivity contribution in [3.8, 4) is 22.6 Å². The van der Waals surface area contributed by atoms with E-state index in [4.69, 9.17) is 9.47 Å². The van der Waals surface area contributed by atoms with Crippen molar-refractivity contribution in [2.45, 2.75) is 13.2 Å². The van der Waals surface area contributed by atoms with Crippen LogP contribution in [0.15, 0.2) is 108 Å². The summed E-state index contributed by atoms with van der Waals surface area (Å²) in [6.45, 7) is 1.12. The van der Waals surface area contributed by atoms with Gasteiger partial charge in [0, 0.05) is 0 Å². The van der Waals surface area contributed by atoms with Crippen LogP contribution >= 0.6 is 15.9 Å². The molecule has 4 aromatic carbocycles. The average molecular weight is 445 g/mol. The third-order valence-electron chi connectivity index (χ3n) is 4.61. The Labute approximate surface area is 179 Å². The van der Waals surface area contributed by atoms with Crippen molar-refractivity contribution in [2.24, 2.45) is 0 Å². The number of hydrogen-bond acceptors (Lipinski definition) is 2. The summed E-state index contributed by atoms with van der Waals surface area (Å²) in [5, 5.41) is 0. The third kappa shape index (κ3) is 5.27. The third-order valence-corrected chi connectivity index (χ3v) is 5.22. The van der Waals surface area contributed by atoms with Crippen LogP contribution in [0.2, 0.25) is 0 Å². The van der Waals surface area contributed by atoms with Crippen molar-refractivity contribution in [1.29, 1.82) is 0 Å². The first-order valence-electron chi connectivity index (χ1n) is 9.51. The van der Waals surface area contributed by atoms with Gasteiger partial charge in [0.05, 0.1) is 4.47 Å². The van der Waals surface area contributed by atoms with Crippen LogP contribution in [-0.4, -0.2) is 0 Å². The second-order valence-corrected chi connectivity index (χ2v) is 7.57. The molecule has 0 unspecified atom stereocenters. The second-order valence-electron chi connectivity index (χ2n) is 6.72. The minimum absolute atomic E-state index is 0.548. The van der Waals surface area contributed by atoms with Gasteiger partial charge in [0.25, 0.3) is 0 Å². The highest BCUT2D eigenvalue weighted by Crippen LogP contribution is 2.32. The predicted octanol–water partition coefficient (Wildman–Crippen LogP) is 7.27. The molecule has 4 rings (SSSR count). The lowest BCUT2D eigenvalue weighted by Gasteiger charge is -2.11. The van der Waals surface area contributed by atoms with Crippen molar-refractivity contribution in [1.82, 2.24) is 0 Å². The van der Waals surface area contributed by atoms with E-state index in [1.54, 1.807) is 0 Å². The van der Waals surface area contributed by atoms with Crippen LogP contribution in [0.25, 0.3) is 11.1 Å². The zero-order chi connectivity index (χ0) is 19.9. The van der Waals surface area contributed by atoms with E-state index in [0.29, 0.717) is 13.2 Å². The minimum atomic E-state index is 0.548. The van der Waals surface area contributed by atoms with Crippen molar-refractivity contribution < 1.29 is 9.47 Å². The van der Waals surface area contributed by atoms with E-state index < -0.39 is 0 Å². The summed E-state index contributed by atoms with van der Waals surface area (Å²) in [6.07, 6.45) is 0. The molecule has 0 N–H and O–H groups in total. The molecule has 0 aliphatic carbocycles. The highest BCUT2D eigenvalue weighted by molar-refractivity contribution is 9.10. The molecular formula is C26H21BrO2. The number of hydrogen-bond donors (Lipinski definition) is 0. The lowest BCUT2D eigenvalue weighted by atomic mass is 10.1. The van der Waals surface area contributed by atoms with E-state index in [9.17, 15) is 0 Å². The monoisotopic (exact) mass is 444 g/mol. The Morgan fingerprint density at radius 1 is 0.552 bits per heavy atom. The lowest BCUT2D eigenvalue weighted by Crippen LogP contribution is -1.96. The van der Waals surface area contributed by atoms with E-state index in [2.05, 4.69) is 64.5 Å². The zero-order valence-electron chi connectivity index (χ0n) is 15.9. The highest BCUT2D eigenvalue weighted by Gasteiger charge is 2.06. The summed E-state index contributed by atoms with van der Waals surface area (Å²) in [7, 11) is 0. The van der Waals surface area contributed by atoms with Crippen molar-refractivity contribution >= 4 is 15.9 Å². The first-order valence-corrected chi connectivity index (χ1v) is 10.3. The summed E-state index contributed by atoms with van der Waals surface area (Å²) < 4.78 is 12.8. The van der Waals surface area contributed by atoms with Gasteiger partial charge in [-0.05, 0) is 62.4 Å². The van der Waals surface area contributed by atoms with Crippen molar-refractivity contribution in [2.75, 3.05) is 0 Å². The molecular weight excluding hydrogens is 424 g/mol.